The highest BCUT2D eigenvalue weighted by molar-refractivity contribution is 5.96. The second-order valence-corrected chi connectivity index (χ2v) is 4.92. The molecular weight excluding hydrogens is 276 g/mol. The molecule has 1 unspecified atom stereocenters. The molecule has 1 aliphatic rings. The van der Waals surface area contributed by atoms with Gasteiger partial charge < -0.3 is 4.74 Å². The van der Waals surface area contributed by atoms with Crippen molar-refractivity contribution in [2.24, 2.45) is 0 Å². The van der Waals surface area contributed by atoms with Crippen molar-refractivity contribution in [3.05, 3.63) is 71.4 Å². The average molecular weight is 290 g/mol. The third-order valence-electron chi connectivity index (χ3n) is 3.68. The first kappa shape index (κ1) is 13.9. The normalized spacial score (nSPS) is 15.8. The molecule has 0 bridgehead atoms. The molecule has 108 valence electrons. The largest absolute Gasteiger partial charge is 0.497 e. The molecule has 0 radical (unpaired) electrons. The SMILES string of the molecule is COc1ccc(C(=O)N2C=Cc3ccccc3C2C#N)cc1. The Morgan fingerprint density at radius 3 is 2.59 bits per heavy atom. The third kappa shape index (κ3) is 2.33. The van der Waals surface area contributed by atoms with E-state index in [0.717, 1.165) is 11.1 Å². The molecule has 1 atom stereocenters. The van der Waals surface area contributed by atoms with Crippen LogP contribution in [0, 0.1) is 11.3 Å². The first-order chi connectivity index (χ1) is 10.7. The minimum absolute atomic E-state index is 0.208. The van der Waals surface area contributed by atoms with Crippen molar-refractivity contribution < 1.29 is 9.53 Å². The number of nitrogens with zero attached hydrogens (tertiary/aromatic N) is 2. The molecule has 0 saturated heterocycles. The number of benzene rings is 2. The Bertz CT molecular complexity index is 772. The van der Waals surface area contributed by atoms with Crippen LogP contribution in [0.4, 0.5) is 0 Å². The number of carbonyl (C=O) groups excluding carboxylic acids is 1. The van der Waals surface area contributed by atoms with E-state index in [2.05, 4.69) is 6.07 Å². The van der Waals surface area contributed by atoms with Gasteiger partial charge in [0.2, 0.25) is 0 Å². The zero-order chi connectivity index (χ0) is 15.5. The van der Waals surface area contributed by atoms with E-state index in [-0.39, 0.29) is 5.91 Å². The van der Waals surface area contributed by atoms with Crippen LogP contribution in [0.3, 0.4) is 0 Å². The highest BCUT2D eigenvalue weighted by Gasteiger charge is 2.28. The Morgan fingerprint density at radius 2 is 1.91 bits per heavy atom. The zero-order valence-corrected chi connectivity index (χ0v) is 12.1. The number of rotatable bonds is 2. The fourth-order valence-electron chi connectivity index (χ4n) is 2.51. The summed E-state index contributed by atoms with van der Waals surface area (Å²) in [4.78, 5) is 14.1. The highest BCUT2D eigenvalue weighted by atomic mass is 16.5. The standard InChI is InChI=1S/C18H14N2O2/c1-22-15-8-6-14(7-9-15)18(21)20-11-10-13-4-2-3-5-16(13)17(20)12-19/h2-11,17H,1H3. The fraction of sp³-hybridized carbons (Fsp3) is 0.111. The Labute approximate surface area is 128 Å². The maximum Gasteiger partial charge on any atom is 0.259 e. The van der Waals surface area contributed by atoms with Crippen LogP contribution in [0.1, 0.15) is 27.5 Å². The molecule has 1 heterocycles. The molecule has 0 fully saturated rings. The van der Waals surface area contributed by atoms with Crippen LogP contribution >= 0.6 is 0 Å². The average Bonchev–Trinajstić information content (AvgIpc) is 2.60. The van der Waals surface area contributed by atoms with Gasteiger partial charge in [-0.25, -0.2) is 0 Å². The first-order valence-corrected chi connectivity index (χ1v) is 6.88. The van der Waals surface area contributed by atoms with Gasteiger partial charge in [-0.3, -0.25) is 9.69 Å². The number of hydrogen-bond acceptors (Lipinski definition) is 3. The van der Waals surface area contributed by atoms with Crippen molar-refractivity contribution in [1.82, 2.24) is 4.90 Å². The molecule has 0 aromatic heterocycles. The van der Waals surface area contributed by atoms with Crippen LogP contribution in [0.5, 0.6) is 5.75 Å². The molecule has 2 aromatic rings. The van der Waals surface area contributed by atoms with Crippen molar-refractivity contribution >= 4 is 12.0 Å². The molecule has 0 aliphatic carbocycles. The van der Waals surface area contributed by atoms with E-state index < -0.39 is 6.04 Å². The molecule has 4 nitrogen and oxygen atoms in total. The number of hydrogen-bond donors (Lipinski definition) is 0. The van der Waals surface area contributed by atoms with Crippen LogP contribution in [-0.4, -0.2) is 17.9 Å². The van der Waals surface area contributed by atoms with Crippen LogP contribution < -0.4 is 4.74 Å². The Kier molecular flexibility index (Phi) is 3.63. The molecule has 0 N–H and O–H groups in total. The number of nitriles is 1. The number of methoxy groups -OCH3 is 1. The first-order valence-electron chi connectivity index (χ1n) is 6.88. The molecule has 0 saturated carbocycles. The van der Waals surface area contributed by atoms with Crippen molar-refractivity contribution in [3.8, 4) is 11.8 Å². The van der Waals surface area contributed by atoms with E-state index in [1.165, 1.54) is 4.90 Å². The number of carbonyl (C=O) groups is 1. The Hall–Kier alpha value is -3.06. The molecule has 1 amide bonds. The van der Waals surface area contributed by atoms with Crippen molar-refractivity contribution in [2.75, 3.05) is 7.11 Å². The second-order valence-electron chi connectivity index (χ2n) is 4.92. The summed E-state index contributed by atoms with van der Waals surface area (Å²) in [5, 5.41) is 9.49. The number of amides is 1. The van der Waals surface area contributed by atoms with Crippen LogP contribution in [-0.2, 0) is 0 Å². The van der Waals surface area contributed by atoms with Crippen LogP contribution in [0.15, 0.2) is 54.7 Å². The summed E-state index contributed by atoms with van der Waals surface area (Å²) < 4.78 is 5.09. The summed E-state index contributed by atoms with van der Waals surface area (Å²) in [6, 6.07) is 16.1. The number of fused-ring (bicyclic) bond motifs is 1. The van der Waals surface area contributed by atoms with Gasteiger partial charge in [-0.15, -0.1) is 0 Å². The maximum absolute atomic E-state index is 12.7. The second kappa shape index (κ2) is 5.74. The molecule has 4 heteroatoms. The molecule has 0 spiro atoms. The van der Waals surface area contributed by atoms with Gasteiger partial charge in [0.25, 0.3) is 5.91 Å². The van der Waals surface area contributed by atoms with Crippen molar-refractivity contribution in [3.63, 3.8) is 0 Å². The van der Waals surface area contributed by atoms with Crippen LogP contribution in [0.2, 0.25) is 0 Å². The lowest BCUT2D eigenvalue weighted by atomic mass is 9.96. The van der Waals surface area contributed by atoms with Gasteiger partial charge in [-0.05, 0) is 41.5 Å². The van der Waals surface area contributed by atoms with Gasteiger partial charge in [-0.2, -0.15) is 5.26 Å². The lowest BCUT2D eigenvalue weighted by Gasteiger charge is -2.28. The summed E-state index contributed by atoms with van der Waals surface area (Å²) in [6.07, 6.45) is 3.52. The smallest absolute Gasteiger partial charge is 0.259 e. The molecule has 2 aromatic carbocycles. The van der Waals surface area contributed by atoms with Crippen molar-refractivity contribution in [2.45, 2.75) is 6.04 Å². The molecule has 3 rings (SSSR count). The van der Waals surface area contributed by atoms with Gasteiger partial charge in [0.05, 0.1) is 13.2 Å². The summed E-state index contributed by atoms with van der Waals surface area (Å²) in [5.74, 6) is 0.480. The van der Waals surface area contributed by atoms with E-state index in [4.69, 9.17) is 4.74 Å². The minimum Gasteiger partial charge on any atom is -0.497 e. The topological polar surface area (TPSA) is 53.3 Å². The predicted molar refractivity (Wildman–Crippen MR) is 83.0 cm³/mol. The Balaban J connectivity index is 1.94. The third-order valence-corrected chi connectivity index (χ3v) is 3.68. The Morgan fingerprint density at radius 1 is 1.18 bits per heavy atom. The van der Waals surface area contributed by atoms with Gasteiger partial charge in [0.1, 0.15) is 11.8 Å². The van der Waals surface area contributed by atoms with E-state index >= 15 is 0 Å². The number of ether oxygens (including phenoxy) is 1. The highest BCUT2D eigenvalue weighted by Crippen LogP contribution is 2.31. The minimum atomic E-state index is -0.615. The maximum atomic E-state index is 12.7. The van der Waals surface area contributed by atoms with Gasteiger partial charge >= 0.3 is 0 Å². The summed E-state index contributed by atoms with van der Waals surface area (Å²) in [6.45, 7) is 0. The van der Waals surface area contributed by atoms with E-state index in [1.807, 2.05) is 30.3 Å². The van der Waals surface area contributed by atoms with Gasteiger partial charge in [0.15, 0.2) is 0 Å². The predicted octanol–water partition coefficient (Wildman–Crippen LogP) is 3.39. The summed E-state index contributed by atoms with van der Waals surface area (Å²) >= 11 is 0. The summed E-state index contributed by atoms with van der Waals surface area (Å²) in [7, 11) is 1.58. The lowest BCUT2D eigenvalue weighted by molar-refractivity contribution is 0.0794. The van der Waals surface area contributed by atoms with Crippen LogP contribution in [0.25, 0.3) is 6.08 Å². The molecule has 1 aliphatic heterocycles. The van der Waals surface area contributed by atoms with E-state index in [0.29, 0.717) is 11.3 Å². The van der Waals surface area contributed by atoms with Gasteiger partial charge in [0, 0.05) is 11.8 Å². The molecular formula is C18H14N2O2. The van der Waals surface area contributed by atoms with E-state index in [9.17, 15) is 10.1 Å². The van der Waals surface area contributed by atoms with E-state index in [1.54, 1.807) is 37.6 Å². The van der Waals surface area contributed by atoms with Gasteiger partial charge in [-0.1, -0.05) is 24.3 Å². The quantitative estimate of drug-likeness (QED) is 0.852. The fourth-order valence-corrected chi connectivity index (χ4v) is 2.51. The molecule has 22 heavy (non-hydrogen) atoms. The zero-order valence-electron chi connectivity index (χ0n) is 12.1. The monoisotopic (exact) mass is 290 g/mol. The van der Waals surface area contributed by atoms with Crippen molar-refractivity contribution in [1.29, 1.82) is 5.26 Å². The lowest BCUT2D eigenvalue weighted by Crippen LogP contribution is -2.31. The summed E-state index contributed by atoms with van der Waals surface area (Å²) in [5.41, 5.74) is 2.33.